The average Bonchev–Trinajstić information content (AvgIpc) is 3.23. The van der Waals surface area contributed by atoms with Gasteiger partial charge in [-0.05, 0) is 36.4 Å². The van der Waals surface area contributed by atoms with Crippen molar-refractivity contribution in [3.05, 3.63) is 48.0 Å². The van der Waals surface area contributed by atoms with Crippen molar-refractivity contribution in [3.8, 4) is 17.2 Å². The number of benzene rings is 2. The molecule has 0 spiro atoms. The summed E-state index contributed by atoms with van der Waals surface area (Å²) in [4.78, 5) is 19.0. The molecule has 10 heteroatoms. The zero-order valence-electron chi connectivity index (χ0n) is 17.3. The van der Waals surface area contributed by atoms with Crippen LogP contribution in [0.3, 0.4) is 0 Å². The van der Waals surface area contributed by atoms with Crippen molar-refractivity contribution in [2.24, 2.45) is 4.99 Å². The summed E-state index contributed by atoms with van der Waals surface area (Å²) >= 11 is 1.32. The molecule has 2 atom stereocenters. The molecular formula is C21H22N2O6S2. The Kier molecular flexibility index (Phi) is 5.85. The summed E-state index contributed by atoms with van der Waals surface area (Å²) in [6.07, 6.45) is 0. The van der Waals surface area contributed by atoms with Crippen LogP contribution in [0.1, 0.15) is 10.4 Å². The smallest absolute Gasteiger partial charge is 0.279 e. The van der Waals surface area contributed by atoms with Crippen LogP contribution in [0.25, 0.3) is 0 Å². The number of hydrogen-bond donors (Lipinski definition) is 0. The Hall–Kier alpha value is -2.72. The van der Waals surface area contributed by atoms with Crippen LogP contribution in [0, 0.1) is 0 Å². The van der Waals surface area contributed by atoms with E-state index in [1.807, 2.05) is 11.0 Å². The number of amides is 1. The maximum absolute atomic E-state index is 12.8. The number of carbonyl (C=O) groups excluding carboxylic acids is 1. The van der Waals surface area contributed by atoms with Gasteiger partial charge in [-0.1, -0.05) is 11.8 Å². The van der Waals surface area contributed by atoms with E-state index in [1.165, 1.54) is 18.9 Å². The molecule has 2 aromatic carbocycles. The number of thioether (sulfide) groups is 1. The van der Waals surface area contributed by atoms with E-state index in [2.05, 4.69) is 4.99 Å². The fraction of sp³-hybridized carbons (Fsp3) is 0.333. The lowest BCUT2D eigenvalue weighted by atomic mass is 10.2. The molecule has 1 amide bonds. The molecule has 2 fully saturated rings. The van der Waals surface area contributed by atoms with Gasteiger partial charge in [0.2, 0.25) is 0 Å². The molecular weight excluding hydrogens is 440 g/mol. The van der Waals surface area contributed by atoms with Crippen LogP contribution in [0.2, 0.25) is 0 Å². The molecule has 0 unspecified atom stereocenters. The molecule has 31 heavy (non-hydrogen) atoms. The fourth-order valence-corrected chi connectivity index (χ4v) is 7.64. The minimum atomic E-state index is -3.16. The zero-order valence-corrected chi connectivity index (χ0v) is 18.9. The van der Waals surface area contributed by atoms with Gasteiger partial charge in [-0.25, -0.2) is 8.42 Å². The van der Waals surface area contributed by atoms with Gasteiger partial charge in [0.05, 0.1) is 38.9 Å². The molecule has 0 N–H and O–H groups in total. The van der Waals surface area contributed by atoms with Gasteiger partial charge in [-0.3, -0.25) is 4.79 Å². The summed E-state index contributed by atoms with van der Waals surface area (Å²) in [7, 11) is 1.47. The van der Waals surface area contributed by atoms with Crippen molar-refractivity contribution in [2.45, 2.75) is 11.3 Å². The largest absolute Gasteiger partial charge is 0.497 e. The number of ether oxygens (including phenoxy) is 3. The summed E-state index contributed by atoms with van der Waals surface area (Å²) in [5.41, 5.74) is 1.11. The molecule has 164 valence electrons. The molecule has 0 bridgehead atoms. The molecule has 2 aromatic rings. The predicted octanol–water partition coefficient (Wildman–Crippen LogP) is 2.63. The number of sulfone groups is 1. The maximum atomic E-state index is 12.8. The topological polar surface area (TPSA) is 94.5 Å². The van der Waals surface area contributed by atoms with Crippen LogP contribution in [-0.2, 0) is 9.84 Å². The lowest BCUT2D eigenvalue weighted by Gasteiger charge is -2.25. The van der Waals surface area contributed by atoms with E-state index in [0.717, 1.165) is 0 Å². The summed E-state index contributed by atoms with van der Waals surface area (Å²) in [5.74, 6) is 1.37. The Morgan fingerprint density at radius 2 is 1.71 bits per heavy atom. The number of rotatable bonds is 5. The first-order valence-electron chi connectivity index (χ1n) is 9.50. The van der Waals surface area contributed by atoms with Crippen LogP contribution in [0.15, 0.2) is 47.5 Å². The Labute approximate surface area is 185 Å². The second-order valence-electron chi connectivity index (χ2n) is 7.14. The third-order valence-corrected chi connectivity index (χ3v) is 8.46. The second-order valence-corrected chi connectivity index (χ2v) is 10.5. The van der Waals surface area contributed by atoms with Gasteiger partial charge in [-0.2, -0.15) is 4.99 Å². The summed E-state index contributed by atoms with van der Waals surface area (Å²) < 4.78 is 40.3. The first-order valence-corrected chi connectivity index (χ1v) is 12.2. The van der Waals surface area contributed by atoms with Gasteiger partial charge in [0.15, 0.2) is 26.5 Å². The molecule has 2 heterocycles. The summed E-state index contributed by atoms with van der Waals surface area (Å²) in [6.45, 7) is 0. The van der Waals surface area contributed by atoms with Gasteiger partial charge < -0.3 is 19.1 Å². The van der Waals surface area contributed by atoms with E-state index >= 15 is 0 Å². The first kappa shape index (κ1) is 21.5. The van der Waals surface area contributed by atoms with Gasteiger partial charge >= 0.3 is 0 Å². The quantitative estimate of drug-likeness (QED) is 0.669. The highest BCUT2D eigenvalue weighted by atomic mass is 32.2. The highest BCUT2D eigenvalue weighted by molar-refractivity contribution is 8.16. The number of fused-ring (bicyclic) bond motifs is 1. The minimum absolute atomic E-state index is 0.00869. The zero-order chi connectivity index (χ0) is 22.2. The van der Waals surface area contributed by atoms with E-state index in [0.29, 0.717) is 33.7 Å². The number of methoxy groups -OCH3 is 3. The predicted molar refractivity (Wildman–Crippen MR) is 121 cm³/mol. The lowest BCUT2D eigenvalue weighted by Crippen LogP contribution is -2.37. The molecule has 2 aliphatic rings. The van der Waals surface area contributed by atoms with Crippen LogP contribution in [-0.4, -0.2) is 63.6 Å². The van der Waals surface area contributed by atoms with E-state index in [1.54, 1.807) is 50.6 Å². The normalized spacial score (nSPS) is 22.9. The molecule has 0 radical (unpaired) electrons. The van der Waals surface area contributed by atoms with Crippen molar-refractivity contribution in [1.82, 2.24) is 0 Å². The Morgan fingerprint density at radius 1 is 1.00 bits per heavy atom. The van der Waals surface area contributed by atoms with Crippen molar-refractivity contribution in [2.75, 3.05) is 37.7 Å². The summed E-state index contributed by atoms with van der Waals surface area (Å²) in [5, 5.41) is 0.276. The molecule has 0 saturated carbocycles. The number of carbonyl (C=O) groups is 1. The number of anilines is 1. The highest BCUT2D eigenvalue weighted by Gasteiger charge is 2.49. The Morgan fingerprint density at radius 3 is 2.35 bits per heavy atom. The maximum Gasteiger partial charge on any atom is 0.279 e. The van der Waals surface area contributed by atoms with Gasteiger partial charge in [-0.15, -0.1) is 0 Å². The molecule has 8 nitrogen and oxygen atoms in total. The van der Waals surface area contributed by atoms with Crippen molar-refractivity contribution in [3.63, 3.8) is 0 Å². The molecule has 2 saturated heterocycles. The van der Waals surface area contributed by atoms with Gasteiger partial charge in [0, 0.05) is 22.6 Å². The Balaban J connectivity index is 1.72. The van der Waals surface area contributed by atoms with E-state index in [4.69, 9.17) is 14.2 Å². The first-order chi connectivity index (χ1) is 14.8. The van der Waals surface area contributed by atoms with Crippen molar-refractivity contribution >= 4 is 38.4 Å². The minimum Gasteiger partial charge on any atom is -0.497 e. The highest BCUT2D eigenvalue weighted by Crippen LogP contribution is 2.43. The standard InChI is InChI=1S/C21H22N2O6S2/c1-27-15-7-4-13(5-8-15)20(24)22-21-23(16-11-31(25,26)12-19(16)30-21)14-6-9-17(28-2)18(10-14)29-3/h4-10,16,19H,11-12H2,1-3H3/t16-,19-/m1/s1. The van der Waals surface area contributed by atoms with E-state index < -0.39 is 15.7 Å². The number of hydrogen-bond acceptors (Lipinski definition) is 7. The Bertz CT molecular complexity index is 1130. The third-order valence-electron chi connectivity index (χ3n) is 5.25. The van der Waals surface area contributed by atoms with Crippen molar-refractivity contribution in [1.29, 1.82) is 0 Å². The number of aliphatic imine (C=N–C) groups is 1. The average molecular weight is 463 g/mol. The van der Waals surface area contributed by atoms with Crippen LogP contribution >= 0.6 is 11.8 Å². The molecule has 0 aromatic heterocycles. The molecule has 4 rings (SSSR count). The van der Waals surface area contributed by atoms with Crippen LogP contribution in [0.4, 0.5) is 5.69 Å². The van der Waals surface area contributed by atoms with Crippen LogP contribution in [0.5, 0.6) is 17.2 Å². The molecule has 2 aliphatic heterocycles. The fourth-order valence-electron chi connectivity index (χ4n) is 3.73. The third kappa shape index (κ3) is 4.22. The van der Waals surface area contributed by atoms with E-state index in [-0.39, 0.29) is 22.8 Å². The molecule has 0 aliphatic carbocycles. The van der Waals surface area contributed by atoms with Gasteiger partial charge in [0.25, 0.3) is 5.91 Å². The second kappa shape index (κ2) is 8.43. The number of amidine groups is 1. The van der Waals surface area contributed by atoms with E-state index in [9.17, 15) is 13.2 Å². The monoisotopic (exact) mass is 462 g/mol. The number of nitrogens with zero attached hydrogens (tertiary/aromatic N) is 2. The van der Waals surface area contributed by atoms with Crippen molar-refractivity contribution < 1.29 is 27.4 Å². The lowest BCUT2D eigenvalue weighted by molar-refractivity contribution is 0.100. The van der Waals surface area contributed by atoms with Gasteiger partial charge in [0.1, 0.15) is 5.75 Å². The van der Waals surface area contributed by atoms with Crippen LogP contribution < -0.4 is 19.1 Å². The SMILES string of the molecule is COc1ccc(C(=O)N=C2S[C@@H]3CS(=O)(=O)C[C@H]3N2c2ccc(OC)c(OC)c2)cc1. The summed E-state index contributed by atoms with van der Waals surface area (Å²) in [6, 6.07) is 11.7.